The molecule has 2 aromatic heterocycles. The maximum atomic E-state index is 12.8. The quantitative estimate of drug-likeness (QED) is 0.586. The molecule has 0 aliphatic carbocycles. The van der Waals surface area contributed by atoms with Crippen molar-refractivity contribution in [3.63, 3.8) is 0 Å². The fourth-order valence-corrected chi connectivity index (χ4v) is 3.21. The molecule has 0 spiro atoms. The number of nitrogens with one attached hydrogen (secondary N) is 1. The van der Waals surface area contributed by atoms with Gasteiger partial charge in [0.25, 0.3) is 5.56 Å². The maximum absolute atomic E-state index is 12.8. The summed E-state index contributed by atoms with van der Waals surface area (Å²) in [5.41, 5.74) is 4.55. The Morgan fingerprint density at radius 1 is 0.815 bits per heavy atom. The van der Waals surface area contributed by atoms with Gasteiger partial charge in [-0.1, -0.05) is 54.6 Å². The van der Waals surface area contributed by atoms with Gasteiger partial charge in [0.2, 0.25) is 0 Å². The first kappa shape index (κ1) is 16.5. The topological polar surface area (TPSA) is 69.5 Å². The van der Waals surface area contributed by atoms with E-state index in [1.807, 2.05) is 66.7 Å². The predicted octanol–water partition coefficient (Wildman–Crippen LogP) is 4.64. The van der Waals surface area contributed by atoms with Crippen LogP contribution in [0.5, 0.6) is 0 Å². The highest BCUT2D eigenvalue weighted by atomic mass is 16.1. The van der Waals surface area contributed by atoms with Gasteiger partial charge in [0.15, 0.2) is 0 Å². The second-order valence-corrected chi connectivity index (χ2v) is 6.02. The average molecular weight is 349 g/mol. The third-order valence-electron chi connectivity index (χ3n) is 4.41. The van der Waals surface area contributed by atoms with E-state index in [2.05, 4.69) is 16.0 Å². The fourth-order valence-electron chi connectivity index (χ4n) is 3.21. The zero-order chi connectivity index (χ0) is 18.6. The number of nitriles is 1. The van der Waals surface area contributed by atoms with Gasteiger partial charge in [0, 0.05) is 29.1 Å². The molecule has 4 heteroatoms. The molecule has 2 aromatic carbocycles. The van der Waals surface area contributed by atoms with E-state index in [1.165, 1.54) is 0 Å². The second kappa shape index (κ2) is 7.11. The van der Waals surface area contributed by atoms with Gasteiger partial charge in [0.05, 0.1) is 22.9 Å². The minimum atomic E-state index is -0.205. The summed E-state index contributed by atoms with van der Waals surface area (Å²) in [6.45, 7) is 0. The molecule has 4 nitrogen and oxygen atoms in total. The third-order valence-corrected chi connectivity index (χ3v) is 4.41. The highest BCUT2D eigenvalue weighted by molar-refractivity contribution is 5.94. The molecular weight excluding hydrogens is 334 g/mol. The smallest absolute Gasteiger partial charge is 0.256 e. The SMILES string of the molecule is N#Cc1ccccc1-c1c(-c2ccccn2)c[nH]c(=O)c1-c1ccccc1. The lowest BCUT2D eigenvalue weighted by atomic mass is 9.89. The van der Waals surface area contributed by atoms with E-state index in [-0.39, 0.29) is 5.56 Å². The van der Waals surface area contributed by atoms with Crippen LogP contribution < -0.4 is 5.56 Å². The molecule has 27 heavy (non-hydrogen) atoms. The Bertz CT molecular complexity index is 1190. The molecule has 0 radical (unpaired) electrons. The molecule has 4 aromatic rings. The van der Waals surface area contributed by atoms with E-state index in [1.54, 1.807) is 18.5 Å². The number of benzene rings is 2. The lowest BCUT2D eigenvalue weighted by Crippen LogP contribution is -2.11. The first-order chi connectivity index (χ1) is 13.3. The number of aromatic nitrogens is 2. The summed E-state index contributed by atoms with van der Waals surface area (Å²) in [6.07, 6.45) is 3.38. The van der Waals surface area contributed by atoms with Crippen molar-refractivity contribution in [1.82, 2.24) is 9.97 Å². The van der Waals surface area contributed by atoms with Crippen LogP contribution in [-0.4, -0.2) is 9.97 Å². The van der Waals surface area contributed by atoms with Crippen molar-refractivity contribution >= 4 is 0 Å². The molecule has 0 atom stereocenters. The van der Waals surface area contributed by atoms with Gasteiger partial charge in [-0.15, -0.1) is 0 Å². The largest absolute Gasteiger partial charge is 0.328 e. The van der Waals surface area contributed by atoms with Crippen molar-refractivity contribution in [2.45, 2.75) is 0 Å². The number of nitrogens with zero attached hydrogens (tertiary/aromatic N) is 2. The Labute approximate surface area is 156 Å². The number of hydrogen-bond acceptors (Lipinski definition) is 3. The minimum absolute atomic E-state index is 0.205. The van der Waals surface area contributed by atoms with Crippen molar-refractivity contribution in [3.8, 4) is 39.6 Å². The van der Waals surface area contributed by atoms with Gasteiger partial charge in [0.1, 0.15) is 0 Å². The monoisotopic (exact) mass is 349 g/mol. The molecule has 2 heterocycles. The minimum Gasteiger partial charge on any atom is -0.328 e. The Morgan fingerprint density at radius 2 is 1.56 bits per heavy atom. The van der Waals surface area contributed by atoms with Crippen LogP contribution in [0.2, 0.25) is 0 Å². The van der Waals surface area contributed by atoms with Crippen LogP contribution in [0.4, 0.5) is 0 Å². The van der Waals surface area contributed by atoms with Crippen LogP contribution >= 0.6 is 0 Å². The number of rotatable bonds is 3. The third kappa shape index (κ3) is 3.03. The lowest BCUT2D eigenvalue weighted by molar-refractivity contribution is 1.22. The van der Waals surface area contributed by atoms with E-state index >= 15 is 0 Å². The first-order valence-electron chi connectivity index (χ1n) is 8.51. The zero-order valence-corrected chi connectivity index (χ0v) is 14.4. The van der Waals surface area contributed by atoms with Crippen molar-refractivity contribution in [2.24, 2.45) is 0 Å². The summed E-state index contributed by atoms with van der Waals surface area (Å²) >= 11 is 0. The maximum Gasteiger partial charge on any atom is 0.256 e. The molecule has 0 saturated heterocycles. The van der Waals surface area contributed by atoms with Crippen LogP contribution in [0.15, 0.2) is 90.0 Å². The van der Waals surface area contributed by atoms with Crippen molar-refractivity contribution < 1.29 is 0 Å². The molecule has 0 unspecified atom stereocenters. The number of pyridine rings is 2. The Morgan fingerprint density at radius 3 is 2.30 bits per heavy atom. The Hall–Kier alpha value is -3.97. The molecule has 0 amide bonds. The molecular formula is C23H15N3O. The van der Waals surface area contributed by atoms with E-state index < -0.39 is 0 Å². The molecule has 4 rings (SSSR count). The molecule has 0 fully saturated rings. The van der Waals surface area contributed by atoms with Crippen molar-refractivity contribution in [3.05, 3.63) is 101 Å². The average Bonchev–Trinajstić information content (AvgIpc) is 2.74. The predicted molar refractivity (Wildman–Crippen MR) is 106 cm³/mol. The van der Waals surface area contributed by atoms with Crippen LogP contribution in [0, 0.1) is 11.3 Å². The molecule has 0 aliphatic heterocycles. The number of aromatic amines is 1. The summed E-state index contributed by atoms with van der Waals surface area (Å²) < 4.78 is 0. The number of hydrogen-bond donors (Lipinski definition) is 1. The molecule has 0 bridgehead atoms. The van der Waals surface area contributed by atoms with E-state index in [0.29, 0.717) is 22.3 Å². The van der Waals surface area contributed by atoms with Gasteiger partial charge in [-0.3, -0.25) is 9.78 Å². The summed E-state index contributed by atoms with van der Waals surface area (Å²) in [5, 5.41) is 9.62. The number of H-pyrrole nitrogens is 1. The van der Waals surface area contributed by atoms with Crippen LogP contribution in [0.1, 0.15) is 5.56 Å². The van der Waals surface area contributed by atoms with Gasteiger partial charge < -0.3 is 4.98 Å². The lowest BCUT2D eigenvalue weighted by Gasteiger charge is -2.15. The summed E-state index contributed by atoms with van der Waals surface area (Å²) in [7, 11) is 0. The van der Waals surface area contributed by atoms with Crippen LogP contribution in [-0.2, 0) is 0 Å². The molecule has 1 N–H and O–H groups in total. The summed E-state index contributed by atoms with van der Waals surface area (Å²) in [4.78, 5) is 20.1. The normalized spacial score (nSPS) is 10.3. The van der Waals surface area contributed by atoms with Gasteiger partial charge in [-0.05, 0) is 23.8 Å². The van der Waals surface area contributed by atoms with E-state index in [0.717, 1.165) is 16.8 Å². The molecule has 128 valence electrons. The van der Waals surface area contributed by atoms with Crippen LogP contribution in [0.25, 0.3) is 33.5 Å². The Balaban J connectivity index is 2.15. The molecule has 0 saturated carbocycles. The van der Waals surface area contributed by atoms with Crippen LogP contribution in [0.3, 0.4) is 0 Å². The fraction of sp³-hybridized carbons (Fsp3) is 0. The van der Waals surface area contributed by atoms with Crippen molar-refractivity contribution in [1.29, 1.82) is 5.26 Å². The summed E-state index contributed by atoms with van der Waals surface area (Å²) in [6, 6.07) is 24.7. The first-order valence-corrected chi connectivity index (χ1v) is 8.51. The van der Waals surface area contributed by atoms with Crippen molar-refractivity contribution in [2.75, 3.05) is 0 Å². The zero-order valence-electron chi connectivity index (χ0n) is 14.4. The van der Waals surface area contributed by atoms with E-state index in [4.69, 9.17) is 0 Å². The molecule has 0 aliphatic rings. The van der Waals surface area contributed by atoms with Gasteiger partial charge in [-0.2, -0.15) is 5.26 Å². The highest BCUT2D eigenvalue weighted by Crippen LogP contribution is 2.38. The van der Waals surface area contributed by atoms with Gasteiger partial charge in [-0.25, -0.2) is 0 Å². The Kier molecular flexibility index (Phi) is 4.34. The highest BCUT2D eigenvalue weighted by Gasteiger charge is 2.20. The summed E-state index contributed by atoms with van der Waals surface area (Å²) in [5.74, 6) is 0. The van der Waals surface area contributed by atoms with E-state index in [9.17, 15) is 10.1 Å². The van der Waals surface area contributed by atoms with Gasteiger partial charge >= 0.3 is 0 Å². The standard InChI is InChI=1S/C23H15N3O/c24-14-17-10-4-5-11-18(17)22-19(20-12-6-7-13-25-20)15-26-23(27)21(22)16-8-2-1-3-9-16/h1-13,15H,(H,26,27). The second-order valence-electron chi connectivity index (χ2n) is 6.02.